The lowest BCUT2D eigenvalue weighted by atomic mass is 9.97. The van der Waals surface area contributed by atoms with Gasteiger partial charge in [-0.15, -0.1) is 0 Å². The third-order valence-electron chi connectivity index (χ3n) is 5.99. The van der Waals surface area contributed by atoms with E-state index >= 15 is 0 Å². The zero-order valence-electron chi connectivity index (χ0n) is 17.5. The number of carbonyl (C=O) groups is 3. The number of hydrogen-bond acceptors (Lipinski definition) is 5. The van der Waals surface area contributed by atoms with Gasteiger partial charge >= 0.3 is 6.09 Å². The van der Waals surface area contributed by atoms with Gasteiger partial charge in [-0.2, -0.15) is 0 Å². The summed E-state index contributed by atoms with van der Waals surface area (Å²) in [4.78, 5) is 39.0. The van der Waals surface area contributed by atoms with Gasteiger partial charge in [0.25, 0.3) is 0 Å². The topological polar surface area (TPSA) is 91.0 Å². The van der Waals surface area contributed by atoms with Gasteiger partial charge in [-0.05, 0) is 43.2 Å². The molecule has 166 valence electrons. The fraction of sp³-hybridized carbons (Fsp3) is 0.500. The van der Waals surface area contributed by atoms with Crippen LogP contribution in [-0.2, 0) is 14.3 Å². The zero-order chi connectivity index (χ0) is 22.0. The Hall–Kier alpha value is -2.94. The quantitative estimate of drug-likeness (QED) is 0.739. The molecule has 2 fully saturated rings. The molecule has 2 unspecified atom stereocenters. The molecule has 2 N–H and O–H groups in total. The van der Waals surface area contributed by atoms with Crippen molar-refractivity contribution >= 4 is 29.2 Å². The van der Waals surface area contributed by atoms with Crippen LogP contribution in [0.25, 0.3) is 5.57 Å². The second kappa shape index (κ2) is 9.05. The lowest BCUT2D eigenvalue weighted by molar-refractivity contribution is -0.134. The number of carbonyl (C=O) groups excluding carboxylic acids is 3. The van der Waals surface area contributed by atoms with Crippen LogP contribution in [0, 0.1) is 11.7 Å². The van der Waals surface area contributed by atoms with E-state index in [1.165, 1.54) is 17.9 Å². The zero-order valence-corrected chi connectivity index (χ0v) is 17.5. The summed E-state index contributed by atoms with van der Waals surface area (Å²) in [6, 6.07) is 4.70. The number of amides is 3. The molecule has 0 radical (unpaired) electrons. The van der Waals surface area contributed by atoms with E-state index in [0.29, 0.717) is 30.8 Å². The molecule has 2 saturated heterocycles. The van der Waals surface area contributed by atoms with Crippen molar-refractivity contribution in [1.29, 1.82) is 0 Å². The monoisotopic (exact) mass is 430 g/mol. The van der Waals surface area contributed by atoms with Gasteiger partial charge in [-0.3, -0.25) is 14.5 Å². The van der Waals surface area contributed by atoms with E-state index in [-0.39, 0.29) is 30.8 Å². The Kier molecular flexibility index (Phi) is 6.22. The van der Waals surface area contributed by atoms with Gasteiger partial charge in [0, 0.05) is 32.1 Å². The normalized spacial score (nSPS) is 23.5. The standard InChI is InChI=1S/C22H27FN4O4/c1-14(28)25-12-18-13-27(22(30)31-18)17-2-3-19(20(23)10-17)15-5-8-26(9-6-15)21(29)16-4-7-24-11-16/h2-3,5,10,16,18,24H,4,6-9,11-13H2,1H3,(H,25,28). The number of benzene rings is 1. The van der Waals surface area contributed by atoms with E-state index < -0.39 is 18.0 Å². The van der Waals surface area contributed by atoms with Gasteiger partial charge in [-0.1, -0.05) is 6.08 Å². The first-order valence-electron chi connectivity index (χ1n) is 10.6. The molecule has 2 atom stereocenters. The van der Waals surface area contributed by atoms with Gasteiger partial charge in [0.1, 0.15) is 11.9 Å². The SMILES string of the molecule is CC(=O)NCC1CN(c2ccc(C3=CCN(C(=O)C4CCNC4)CC3)c(F)c2)C(=O)O1. The van der Waals surface area contributed by atoms with Crippen molar-refractivity contribution < 1.29 is 23.5 Å². The summed E-state index contributed by atoms with van der Waals surface area (Å²) in [5, 5.41) is 5.83. The molecule has 31 heavy (non-hydrogen) atoms. The second-order valence-corrected chi connectivity index (χ2v) is 8.17. The predicted octanol–water partition coefficient (Wildman–Crippen LogP) is 1.51. The fourth-order valence-electron chi connectivity index (χ4n) is 4.27. The van der Waals surface area contributed by atoms with Crippen LogP contribution >= 0.6 is 0 Å². The van der Waals surface area contributed by atoms with Crippen LogP contribution in [0.1, 0.15) is 25.3 Å². The van der Waals surface area contributed by atoms with Crippen LogP contribution in [0.5, 0.6) is 0 Å². The maximum Gasteiger partial charge on any atom is 0.414 e. The average Bonchev–Trinajstić information content (AvgIpc) is 3.42. The van der Waals surface area contributed by atoms with Crippen LogP contribution in [0.4, 0.5) is 14.9 Å². The predicted molar refractivity (Wildman–Crippen MR) is 113 cm³/mol. The summed E-state index contributed by atoms with van der Waals surface area (Å²) >= 11 is 0. The molecule has 1 aromatic rings. The molecule has 1 aromatic carbocycles. The van der Waals surface area contributed by atoms with E-state index in [9.17, 15) is 18.8 Å². The second-order valence-electron chi connectivity index (χ2n) is 8.17. The van der Waals surface area contributed by atoms with Gasteiger partial charge in [0.15, 0.2) is 0 Å². The third kappa shape index (κ3) is 4.71. The van der Waals surface area contributed by atoms with Crippen LogP contribution in [0.15, 0.2) is 24.3 Å². The summed E-state index contributed by atoms with van der Waals surface area (Å²) in [6.45, 7) is 4.52. The Morgan fingerprint density at radius 3 is 2.84 bits per heavy atom. The van der Waals surface area contributed by atoms with E-state index in [4.69, 9.17) is 4.74 Å². The van der Waals surface area contributed by atoms with Gasteiger partial charge < -0.3 is 20.3 Å². The molecule has 0 saturated carbocycles. The molecule has 4 rings (SSSR count). The maximum absolute atomic E-state index is 14.9. The molecule has 8 nitrogen and oxygen atoms in total. The molecular weight excluding hydrogens is 403 g/mol. The van der Waals surface area contributed by atoms with Crippen molar-refractivity contribution in [3.05, 3.63) is 35.7 Å². The highest BCUT2D eigenvalue weighted by Gasteiger charge is 2.33. The van der Waals surface area contributed by atoms with Crippen molar-refractivity contribution in [2.24, 2.45) is 5.92 Å². The number of nitrogens with one attached hydrogen (secondary N) is 2. The first kappa shape index (κ1) is 21.3. The lowest BCUT2D eigenvalue weighted by Crippen LogP contribution is -2.39. The minimum absolute atomic E-state index is 0.0423. The van der Waals surface area contributed by atoms with Crippen LogP contribution in [0.3, 0.4) is 0 Å². The van der Waals surface area contributed by atoms with Gasteiger partial charge in [0.05, 0.1) is 24.7 Å². The summed E-state index contributed by atoms with van der Waals surface area (Å²) in [5.74, 6) is -0.411. The summed E-state index contributed by atoms with van der Waals surface area (Å²) in [7, 11) is 0. The first-order valence-corrected chi connectivity index (χ1v) is 10.6. The molecule has 0 bridgehead atoms. The number of rotatable bonds is 5. The van der Waals surface area contributed by atoms with E-state index in [1.54, 1.807) is 12.1 Å². The Bertz CT molecular complexity index is 913. The Labute approximate surface area is 180 Å². The van der Waals surface area contributed by atoms with Crippen LogP contribution < -0.4 is 15.5 Å². The molecular formula is C22H27FN4O4. The third-order valence-corrected chi connectivity index (χ3v) is 5.99. The highest BCUT2D eigenvalue weighted by Crippen LogP contribution is 2.30. The fourth-order valence-corrected chi connectivity index (χ4v) is 4.27. The van der Waals surface area contributed by atoms with Crippen molar-refractivity contribution in [3.8, 4) is 0 Å². The largest absolute Gasteiger partial charge is 0.442 e. The van der Waals surface area contributed by atoms with Crippen molar-refractivity contribution in [1.82, 2.24) is 15.5 Å². The molecule has 3 heterocycles. The highest BCUT2D eigenvalue weighted by molar-refractivity contribution is 5.90. The number of hydrogen-bond donors (Lipinski definition) is 2. The summed E-state index contributed by atoms with van der Waals surface area (Å²) < 4.78 is 20.1. The minimum Gasteiger partial charge on any atom is -0.442 e. The lowest BCUT2D eigenvalue weighted by Gasteiger charge is -2.29. The number of anilines is 1. The smallest absolute Gasteiger partial charge is 0.414 e. The summed E-state index contributed by atoms with van der Waals surface area (Å²) in [5.41, 5.74) is 1.77. The van der Waals surface area contributed by atoms with Crippen molar-refractivity contribution in [3.63, 3.8) is 0 Å². The Morgan fingerprint density at radius 2 is 2.19 bits per heavy atom. The maximum atomic E-state index is 14.9. The van der Waals surface area contributed by atoms with Crippen molar-refractivity contribution in [2.75, 3.05) is 44.2 Å². The van der Waals surface area contributed by atoms with E-state index in [1.807, 2.05) is 11.0 Å². The first-order chi connectivity index (χ1) is 14.9. The Morgan fingerprint density at radius 1 is 1.35 bits per heavy atom. The molecule has 0 spiro atoms. The number of nitrogens with zero attached hydrogens (tertiary/aromatic N) is 2. The number of cyclic esters (lactones) is 1. The molecule has 3 aliphatic heterocycles. The Balaban J connectivity index is 1.40. The van der Waals surface area contributed by atoms with E-state index in [2.05, 4.69) is 10.6 Å². The molecule has 3 amide bonds. The van der Waals surface area contributed by atoms with Crippen LogP contribution in [0.2, 0.25) is 0 Å². The number of halogens is 1. The molecule has 9 heteroatoms. The van der Waals surface area contributed by atoms with E-state index in [0.717, 1.165) is 25.1 Å². The van der Waals surface area contributed by atoms with Crippen molar-refractivity contribution in [2.45, 2.75) is 25.9 Å². The van der Waals surface area contributed by atoms with Gasteiger partial charge in [0.2, 0.25) is 11.8 Å². The van der Waals surface area contributed by atoms with Crippen LogP contribution in [-0.4, -0.2) is 68.2 Å². The minimum atomic E-state index is -0.560. The molecule has 3 aliphatic rings. The average molecular weight is 430 g/mol. The highest BCUT2D eigenvalue weighted by atomic mass is 19.1. The molecule has 0 aliphatic carbocycles. The summed E-state index contributed by atoms with van der Waals surface area (Å²) in [6.07, 6.45) is 2.34. The molecule has 0 aromatic heterocycles. The van der Waals surface area contributed by atoms with Gasteiger partial charge in [-0.25, -0.2) is 9.18 Å². The number of ether oxygens (including phenoxy) is 1.